The highest BCUT2D eigenvalue weighted by molar-refractivity contribution is 5.80. The molecule has 1 aromatic carbocycles. The Morgan fingerprint density at radius 3 is 2.44 bits per heavy atom. The Kier molecular flexibility index (Phi) is 7.95. The van der Waals surface area contributed by atoms with E-state index in [1.54, 1.807) is 12.1 Å². The molecule has 0 aromatic heterocycles. The van der Waals surface area contributed by atoms with Crippen molar-refractivity contribution in [1.29, 1.82) is 0 Å². The van der Waals surface area contributed by atoms with Gasteiger partial charge >= 0.3 is 0 Å². The van der Waals surface area contributed by atoms with Gasteiger partial charge in [0.05, 0.1) is 6.54 Å². The molecule has 2 amide bonds. The van der Waals surface area contributed by atoms with Crippen LogP contribution in [-0.4, -0.2) is 53.8 Å². The maximum atomic E-state index is 13.3. The second-order valence-corrected chi connectivity index (χ2v) is 9.67. The zero-order valence-electron chi connectivity index (χ0n) is 19.0. The SMILES string of the molecule is O=C(CN1CCC([C@@H]2CC=CCN(Cc3ccc(F)cc3)C2=O)CC1)NC1CCCCC1. The Labute approximate surface area is 191 Å². The average molecular weight is 442 g/mol. The van der Waals surface area contributed by atoms with Gasteiger partial charge in [0, 0.05) is 25.0 Å². The molecule has 2 aliphatic heterocycles. The molecule has 6 heteroatoms. The quantitative estimate of drug-likeness (QED) is 0.682. The van der Waals surface area contributed by atoms with Crippen molar-refractivity contribution in [2.45, 2.75) is 64.0 Å². The number of nitrogens with zero attached hydrogens (tertiary/aromatic N) is 2. The van der Waals surface area contributed by atoms with Crippen LogP contribution in [-0.2, 0) is 16.1 Å². The largest absolute Gasteiger partial charge is 0.352 e. The van der Waals surface area contributed by atoms with E-state index >= 15 is 0 Å². The zero-order valence-corrected chi connectivity index (χ0v) is 19.0. The summed E-state index contributed by atoms with van der Waals surface area (Å²) in [4.78, 5) is 29.9. The first-order valence-corrected chi connectivity index (χ1v) is 12.3. The van der Waals surface area contributed by atoms with E-state index in [1.807, 2.05) is 4.90 Å². The van der Waals surface area contributed by atoms with Gasteiger partial charge in [0.2, 0.25) is 11.8 Å². The standard InChI is InChI=1S/C26H36FN3O2/c27-22-11-9-20(10-12-22)18-30-15-5-4-8-24(26(30)32)21-13-16-29(17-14-21)19-25(31)28-23-6-2-1-3-7-23/h4-5,9-12,21,23-24H,1-3,6-8,13-19H2,(H,28,31)/t24-/m0/s1. The van der Waals surface area contributed by atoms with Gasteiger partial charge in [-0.3, -0.25) is 14.5 Å². The number of halogens is 1. The molecular formula is C26H36FN3O2. The summed E-state index contributed by atoms with van der Waals surface area (Å²) in [5.41, 5.74) is 0.951. The van der Waals surface area contributed by atoms with E-state index in [2.05, 4.69) is 22.4 Å². The van der Waals surface area contributed by atoms with Crippen molar-refractivity contribution in [1.82, 2.24) is 15.1 Å². The molecule has 2 fully saturated rings. The molecule has 0 unspecified atom stereocenters. The van der Waals surface area contributed by atoms with Crippen LogP contribution in [0.3, 0.4) is 0 Å². The molecule has 1 atom stereocenters. The van der Waals surface area contributed by atoms with E-state index in [0.717, 1.165) is 50.8 Å². The number of piperidine rings is 1. The second kappa shape index (κ2) is 11.1. The lowest BCUT2D eigenvalue weighted by molar-refractivity contribution is -0.138. The predicted molar refractivity (Wildman–Crippen MR) is 123 cm³/mol. The van der Waals surface area contributed by atoms with Crippen molar-refractivity contribution in [3.8, 4) is 0 Å². The summed E-state index contributed by atoms with van der Waals surface area (Å²) in [5, 5.41) is 3.21. The molecule has 1 saturated heterocycles. The van der Waals surface area contributed by atoms with Gasteiger partial charge < -0.3 is 10.2 Å². The fourth-order valence-electron chi connectivity index (χ4n) is 5.45. The second-order valence-electron chi connectivity index (χ2n) is 9.67. The molecule has 2 heterocycles. The van der Waals surface area contributed by atoms with Gasteiger partial charge in [-0.2, -0.15) is 0 Å². The molecule has 0 radical (unpaired) electrons. The number of amides is 2. The third-order valence-corrected chi connectivity index (χ3v) is 7.34. The lowest BCUT2D eigenvalue weighted by Crippen LogP contribution is -2.46. The summed E-state index contributed by atoms with van der Waals surface area (Å²) in [6.45, 7) is 3.33. The van der Waals surface area contributed by atoms with Crippen molar-refractivity contribution in [2.24, 2.45) is 11.8 Å². The number of allylic oxidation sites excluding steroid dienone is 1. The van der Waals surface area contributed by atoms with Crippen molar-refractivity contribution in [2.75, 3.05) is 26.2 Å². The monoisotopic (exact) mass is 441 g/mol. The van der Waals surface area contributed by atoms with Gasteiger partial charge in [-0.1, -0.05) is 43.5 Å². The molecule has 174 valence electrons. The number of hydrogen-bond acceptors (Lipinski definition) is 3. The van der Waals surface area contributed by atoms with Crippen molar-refractivity contribution < 1.29 is 14.0 Å². The smallest absolute Gasteiger partial charge is 0.234 e. The molecule has 1 saturated carbocycles. The zero-order chi connectivity index (χ0) is 22.3. The minimum absolute atomic E-state index is 0.00702. The highest BCUT2D eigenvalue weighted by Gasteiger charge is 2.34. The fraction of sp³-hybridized carbons (Fsp3) is 0.615. The molecule has 1 aliphatic carbocycles. The normalized spacial score (nSPS) is 23.8. The first-order valence-electron chi connectivity index (χ1n) is 12.3. The van der Waals surface area contributed by atoms with Crippen LogP contribution in [0, 0.1) is 17.7 Å². The van der Waals surface area contributed by atoms with E-state index < -0.39 is 0 Å². The summed E-state index contributed by atoms with van der Waals surface area (Å²) in [5.74, 6) is 0.432. The van der Waals surface area contributed by atoms with E-state index in [4.69, 9.17) is 0 Å². The Morgan fingerprint density at radius 1 is 1.00 bits per heavy atom. The number of nitrogens with one attached hydrogen (secondary N) is 1. The lowest BCUT2D eigenvalue weighted by atomic mass is 9.81. The van der Waals surface area contributed by atoms with Crippen LogP contribution in [0.5, 0.6) is 0 Å². The minimum Gasteiger partial charge on any atom is -0.352 e. The molecule has 32 heavy (non-hydrogen) atoms. The highest BCUT2D eigenvalue weighted by atomic mass is 19.1. The van der Waals surface area contributed by atoms with Crippen molar-refractivity contribution >= 4 is 11.8 Å². The maximum Gasteiger partial charge on any atom is 0.234 e. The van der Waals surface area contributed by atoms with Crippen LogP contribution in [0.25, 0.3) is 0 Å². The molecule has 4 rings (SSSR count). The molecular weight excluding hydrogens is 405 g/mol. The summed E-state index contributed by atoms with van der Waals surface area (Å²) in [6.07, 6.45) is 12.8. The third kappa shape index (κ3) is 6.18. The van der Waals surface area contributed by atoms with Crippen molar-refractivity contribution in [3.05, 3.63) is 47.8 Å². The Hall–Kier alpha value is -2.21. The van der Waals surface area contributed by atoms with Crippen LogP contribution in [0.1, 0.15) is 56.9 Å². The van der Waals surface area contributed by atoms with Gasteiger partial charge in [0.1, 0.15) is 5.82 Å². The number of rotatable bonds is 6. The number of likely N-dealkylation sites (tertiary alicyclic amines) is 1. The van der Waals surface area contributed by atoms with E-state index in [-0.39, 0.29) is 23.5 Å². The lowest BCUT2D eigenvalue weighted by Gasteiger charge is -2.36. The average Bonchev–Trinajstić information content (AvgIpc) is 2.98. The van der Waals surface area contributed by atoms with Gasteiger partial charge in [-0.15, -0.1) is 0 Å². The Morgan fingerprint density at radius 2 is 1.72 bits per heavy atom. The molecule has 0 bridgehead atoms. The molecule has 1 aromatic rings. The van der Waals surface area contributed by atoms with Crippen LogP contribution in [0.15, 0.2) is 36.4 Å². The summed E-state index contributed by atoms with van der Waals surface area (Å²) >= 11 is 0. The molecule has 5 nitrogen and oxygen atoms in total. The van der Waals surface area contributed by atoms with Crippen LogP contribution in [0.4, 0.5) is 4.39 Å². The van der Waals surface area contributed by atoms with Crippen LogP contribution in [0.2, 0.25) is 0 Å². The number of benzene rings is 1. The van der Waals surface area contributed by atoms with E-state index in [0.29, 0.717) is 31.6 Å². The highest BCUT2D eigenvalue weighted by Crippen LogP contribution is 2.31. The Balaban J connectivity index is 1.27. The topological polar surface area (TPSA) is 52.7 Å². The first-order chi connectivity index (χ1) is 15.6. The summed E-state index contributed by atoms with van der Waals surface area (Å²) in [7, 11) is 0. The molecule has 3 aliphatic rings. The van der Waals surface area contributed by atoms with E-state index in [9.17, 15) is 14.0 Å². The van der Waals surface area contributed by atoms with Gasteiger partial charge in [0.25, 0.3) is 0 Å². The predicted octanol–water partition coefficient (Wildman–Crippen LogP) is 3.89. The van der Waals surface area contributed by atoms with E-state index in [1.165, 1.54) is 31.4 Å². The van der Waals surface area contributed by atoms with Crippen LogP contribution < -0.4 is 5.32 Å². The van der Waals surface area contributed by atoms with Crippen molar-refractivity contribution in [3.63, 3.8) is 0 Å². The number of carbonyl (C=O) groups excluding carboxylic acids is 2. The minimum atomic E-state index is -0.257. The maximum absolute atomic E-state index is 13.3. The Bertz CT molecular complexity index is 796. The van der Waals surface area contributed by atoms with Gasteiger partial charge in [0.15, 0.2) is 0 Å². The fourth-order valence-corrected chi connectivity index (χ4v) is 5.45. The summed E-state index contributed by atoms with van der Waals surface area (Å²) in [6, 6.07) is 6.76. The number of carbonyl (C=O) groups is 2. The molecule has 0 spiro atoms. The van der Waals surface area contributed by atoms with Gasteiger partial charge in [-0.25, -0.2) is 4.39 Å². The number of hydrogen-bond donors (Lipinski definition) is 1. The van der Waals surface area contributed by atoms with Gasteiger partial charge in [-0.05, 0) is 68.8 Å². The summed E-state index contributed by atoms with van der Waals surface area (Å²) < 4.78 is 13.2. The van der Waals surface area contributed by atoms with Crippen LogP contribution >= 0.6 is 0 Å². The first kappa shape index (κ1) is 23.0. The molecule has 1 N–H and O–H groups in total. The third-order valence-electron chi connectivity index (χ3n) is 7.34.